The fourth-order valence-electron chi connectivity index (χ4n) is 3.74. The monoisotopic (exact) mass is 492 g/mol. The molecule has 0 aliphatic heterocycles. The number of amides is 2. The first-order valence-electron chi connectivity index (χ1n) is 10.8. The number of rotatable bonds is 7. The topological polar surface area (TPSA) is 138 Å². The average molecular weight is 492 g/mol. The van der Waals surface area contributed by atoms with Gasteiger partial charge in [-0.05, 0) is 12.1 Å². The number of benzene rings is 2. The fourth-order valence-corrected chi connectivity index (χ4v) is 3.74. The maximum atomic E-state index is 12.9. The molecule has 4 rings (SSSR count). The second-order valence-corrected chi connectivity index (χ2v) is 7.87. The summed E-state index contributed by atoms with van der Waals surface area (Å²) in [6, 6.07) is 11.7. The number of nitrogens with zero attached hydrogens (tertiary/aromatic N) is 4. The van der Waals surface area contributed by atoms with Crippen molar-refractivity contribution in [3.63, 3.8) is 0 Å². The van der Waals surface area contributed by atoms with Gasteiger partial charge in [0.15, 0.2) is 11.2 Å². The van der Waals surface area contributed by atoms with E-state index in [0.717, 1.165) is 4.57 Å². The maximum Gasteiger partial charge on any atom is 0.332 e. The van der Waals surface area contributed by atoms with Crippen LogP contribution in [0.15, 0.2) is 58.4 Å². The van der Waals surface area contributed by atoms with Gasteiger partial charge in [-0.1, -0.05) is 18.2 Å². The Kier molecular flexibility index (Phi) is 6.59. The lowest BCUT2D eigenvalue weighted by Gasteiger charge is -2.16. The number of fused-ring (bicyclic) bond motifs is 1. The summed E-state index contributed by atoms with van der Waals surface area (Å²) in [5.41, 5.74) is 0.335. The van der Waals surface area contributed by atoms with E-state index in [4.69, 9.17) is 9.47 Å². The highest BCUT2D eigenvalue weighted by Crippen LogP contribution is 2.36. The Morgan fingerprint density at radius 1 is 0.917 bits per heavy atom. The summed E-state index contributed by atoms with van der Waals surface area (Å²) in [6.07, 6.45) is 1.32. The van der Waals surface area contributed by atoms with Crippen molar-refractivity contribution in [2.45, 2.75) is 6.54 Å². The van der Waals surface area contributed by atoms with Gasteiger partial charge in [0.2, 0.25) is 5.91 Å². The number of methoxy groups -OCH3 is 2. The number of hydrogen-bond donors (Lipinski definition) is 2. The molecule has 12 nitrogen and oxygen atoms in total. The molecule has 0 fully saturated rings. The number of anilines is 2. The summed E-state index contributed by atoms with van der Waals surface area (Å²) < 4.78 is 14.4. The van der Waals surface area contributed by atoms with Crippen LogP contribution in [-0.2, 0) is 25.4 Å². The van der Waals surface area contributed by atoms with Crippen molar-refractivity contribution in [3.05, 3.63) is 75.2 Å². The van der Waals surface area contributed by atoms with Crippen LogP contribution in [0.5, 0.6) is 11.5 Å². The Balaban J connectivity index is 1.60. The number of nitrogens with one attached hydrogen (secondary N) is 2. The highest BCUT2D eigenvalue weighted by atomic mass is 16.5. The third-order valence-electron chi connectivity index (χ3n) is 5.61. The molecule has 2 heterocycles. The third kappa shape index (κ3) is 4.43. The van der Waals surface area contributed by atoms with E-state index in [1.54, 1.807) is 24.3 Å². The molecule has 0 saturated carbocycles. The van der Waals surface area contributed by atoms with Gasteiger partial charge >= 0.3 is 5.69 Å². The molecule has 0 aliphatic rings. The second-order valence-electron chi connectivity index (χ2n) is 7.87. The maximum absolute atomic E-state index is 12.9. The van der Waals surface area contributed by atoms with E-state index in [9.17, 15) is 19.2 Å². The lowest BCUT2D eigenvalue weighted by atomic mass is 10.2. The van der Waals surface area contributed by atoms with Gasteiger partial charge in [0.1, 0.15) is 18.0 Å². The van der Waals surface area contributed by atoms with Crippen LogP contribution in [0, 0.1) is 0 Å². The number of ether oxygens (including phenoxy) is 2. The molecule has 0 atom stereocenters. The summed E-state index contributed by atoms with van der Waals surface area (Å²) in [5.74, 6) is -0.240. The SMILES string of the molecule is COc1cc(NC(=O)c2ccccc2)c(OC)cc1NC(=O)Cn1cnc2c1c(=O)n(C)c(=O)n2C. The lowest BCUT2D eigenvalue weighted by molar-refractivity contribution is -0.116. The molecular weight excluding hydrogens is 468 g/mol. The van der Waals surface area contributed by atoms with Crippen LogP contribution in [-0.4, -0.2) is 44.7 Å². The standard InChI is InChI=1S/C24H24N6O6/c1-28-21-20(23(33)29(2)24(28)34)30(13-25-21)12-19(31)26-15-10-18(36-4)16(11-17(15)35-3)27-22(32)14-8-6-5-7-9-14/h5-11,13H,12H2,1-4H3,(H,26,31)(H,27,32). The first-order chi connectivity index (χ1) is 17.2. The Morgan fingerprint density at radius 3 is 2.14 bits per heavy atom. The van der Waals surface area contributed by atoms with E-state index in [0.29, 0.717) is 22.7 Å². The molecule has 2 aromatic carbocycles. The van der Waals surface area contributed by atoms with Crippen molar-refractivity contribution in [2.24, 2.45) is 14.1 Å². The highest BCUT2D eigenvalue weighted by Gasteiger charge is 2.19. The molecule has 36 heavy (non-hydrogen) atoms. The van der Waals surface area contributed by atoms with Crippen LogP contribution in [0.1, 0.15) is 10.4 Å². The predicted molar refractivity (Wildman–Crippen MR) is 133 cm³/mol. The Morgan fingerprint density at radius 2 is 1.53 bits per heavy atom. The molecule has 0 unspecified atom stereocenters. The molecule has 0 saturated heterocycles. The van der Waals surface area contributed by atoms with Gasteiger partial charge in [-0.25, -0.2) is 9.78 Å². The third-order valence-corrected chi connectivity index (χ3v) is 5.61. The Bertz CT molecular complexity index is 1580. The van der Waals surface area contributed by atoms with Crippen LogP contribution in [0.4, 0.5) is 11.4 Å². The number of carbonyl (C=O) groups is 2. The number of aryl methyl sites for hydroxylation is 1. The largest absolute Gasteiger partial charge is 0.494 e. The molecule has 12 heteroatoms. The van der Waals surface area contributed by atoms with Gasteiger partial charge in [0.25, 0.3) is 11.5 Å². The zero-order chi connectivity index (χ0) is 26.0. The van der Waals surface area contributed by atoms with Crippen molar-refractivity contribution in [3.8, 4) is 11.5 Å². The van der Waals surface area contributed by atoms with E-state index < -0.39 is 17.2 Å². The van der Waals surface area contributed by atoms with E-state index in [-0.39, 0.29) is 29.4 Å². The van der Waals surface area contributed by atoms with E-state index in [1.807, 2.05) is 6.07 Å². The molecule has 0 aliphatic carbocycles. The average Bonchev–Trinajstić information content (AvgIpc) is 3.30. The first kappa shape index (κ1) is 24.3. The fraction of sp³-hybridized carbons (Fsp3) is 0.208. The minimum Gasteiger partial charge on any atom is -0.494 e. The van der Waals surface area contributed by atoms with Gasteiger partial charge in [-0.15, -0.1) is 0 Å². The molecule has 0 radical (unpaired) electrons. The first-order valence-corrected chi connectivity index (χ1v) is 10.8. The summed E-state index contributed by atoms with van der Waals surface area (Å²) in [7, 11) is 5.71. The molecule has 0 spiro atoms. The molecule has 186 valence electrons. The van der Waals surface area contributed by atoms with Gasteiger partial charge in [0, 0.05) is 31.8 Å². The predicted octanol–water partition coefficient (Wildman–Crippen LogP) is 1.34. The summed E-state index contributed by atoms with van der Waals surface area (Å²) >= 11 is 0. The number of carbonyl (C=O) groups excluding carboxylic acids is 2. The van der Waals surface area contributed by atoms with Crippen LogP contribution in [0.2, 0.25) is 0 Å². The van der Waals surface area contributed by atoms with Crippen LogP contribution in [0.3, 0.4) is 0 Å². The molecule has 4 aromatic rings. The molecular formula is C24H24N6O6. The lowest BCUT2D eigenvalue weighted by Crippen LogP contribution is -2.37. The van der Waals surface area contributed by atoms with Crippen molar-refractivity contribution >= 4 is 34.4 Å². The molecule has 0 bridgehead atoms. The van der Waals surface area contributed by atoms with E-state index in [2.05, 4.69) is 15.6 Å². The second kappa shape index (κ2) is 9.78. The molecule has 2 aromatic heterocycles. The summed E-state index contributed by atoms with van der Waals surface area (Å²) in [6.45, 7) is -0.248. The number of hydrogen-bond acceptors (Lipinski definition) is 7. The highest BCUT2D eigenvalue weighted by molar-refractivity contribution is 6.05. The van der Waals surface area contributed by atoms with Crippen molar-refractivity contribution in [2.75, 3.05) is 24.9 Å². The quantitative estimate of drug-likeness (QED) is 0.397. The van der Waals surface area contributed by atoms with Gasteiger partial charge in [-0.2, -0.15) is 0 Å². The van der Waals surface area contributed by atoms with Crippen molar-refractivity contribution in [1.82, 2.24) is 18.7 Å². The normalized spacial score (nSPS) is 10.8. The smallest absolute Gasteiger partial charge is 0.332 e. The van der Waals surface area contributed by atoms with Crippen molar-refractivity contribution in [1.29, 1.82) is 0 Å². The van der Waals surface area contributed by atoms with Crippen LogP contribution >= 0.6 is 0 Å². The Labute approximate surface area is 204 Å². The number of imidazole rings is 1. The van der Waals surface area contributed by atoms with Gasteiger partial charge in [-0.3, -0.25) is 23.5 Å². The summed E-state index contributed by atoms with van der Waals surface area (Å²) in [4.78, 5) is 54.3. The zero-order valence-electron chi connectivity index (χ0n) is 20.1. The van der Waals surface area contributed by atoms with Crippen LogP contribution in [0.25, 0.3) is 11.2 Å². The zero-order valence-corrected chi connectivity index (χ0v) is 20.1. The Hall–Kier alpha value is -4.87. The van der Waals surface area contributed by atoms with Gasteiger partial charge < -0.3 is 24.7 Å². The van der Waals surface area contributed by atoms with Gasteiger partial charge in [0.05, 0.1) is 31.9 Å². The minimum absolute atomic E-state index is 0.123. The molecule has 2 N–H and O–H groups in total. The number of aromatic nitrogens is 4. The minimum atomic E-state index is -0.559. The molecule has 2 amide bonds. The summed E-state index contributed by atoms with van der Waals surface area (Å²) in [5, 5.41) is 5.51. The van der Waals surface area contributed by atoms with Crippen LogP contribution < -0.4 is 31.4 Å². The van der Waals surface area contributed by atoms with Crippen molar-refractivity contribution < 1.29 is 19.1 Å². The van der Waals surface area contributed by atoms with E-state index >= 15 is 0 Å². The van der Waals surface area contributed by atoms with E-state index in [1.165, 1.54) is 55.9 Å².